The zero-order valence-electron chi connectivity index (χ0n) is 11.8. The molecule has 4 heteroatoms. The molecule has 1 heterocycles. The first kappa shape index (κ1) is 13.7. The normalized spacial score (nSPS) is 15.9. The number of nitrogen functional groups attached to an aromatic ring is 1. The second kappa shape index (κ2) is 5.60. The fourth-order valence-electron chi connectivity index (χ4n) is 3.26. The molecule has 1 aliphatic rings. The lowest BCUT2D eigenvalue weighted by atomic mass is 10.1. The van der Waals surface area contributed by atoms with Crippen LogP contribution in [0, 0.1) is 5.92 Å². The Bertz CT molecular complexity index is 615. The van der Waals surface area contributed by atoms with E-state index in [4.69, 9.17) is 5.73 Å². The molecule has 2 N–H and O–H groups in total. The number of nitrogens with zero attached hydrogens (tertiary/aromatic N) is 2. The molecule has 106 valence electrons. The lowest BCUT2D eigenvalue weighted by Gasteiger charge is -2.25. The molecule has 2 aromatic rings. The minimum Gasteiger partial charge on any atom is -0.396 e. The van der Waals surface area contributed by atoms with Crippen molar-refractivity contribution in [3.05, 3.63) is 28.9 Å². The van der Waals surface area contributed by atoms with Crippen molar-refractivity contribution in [2.75, 3.05) is 24.2 Å². The van der Waals surface area contributed by atoms with Crippen molar-refractivity contribution >= 4 is 38.2 Å². The van der Waals surface area contributed by atoms with Crippen LogP contribution in [0.5, 0.6) is 0 Å². The van der Waals surface area contributed by atoms with E-state index in [1.807, 2.05) is 12.1 Å². The molecule has 0 saturated heterocycles. The number of hydrogen-bond donors (Lipinski definition) is 1. The number of pyridine rings is 1. The van der Waals surface area contributed by atoms with Gasteiger partial charge in [-0.15, -0.1) is 0 Å². The fourth-order valence-corrected chi connectivity index (χ4v) is 3.62. The van der Waals surface area contributed by atoms with Crippen LogP contribution < -0.4 is 10.6 Å². The van der Waals surface area contributed by atoms with Crippen molar-refractivity contribution in [3.8, 4) is 0 Å². The molecule has 0 amide bonds. The standard InChI is InChI=1S/C16H20BrN3/c1-20(10-11-4-2-3-5-11)16-13-8-12(17)6-7-15(13)19-9-14(16)18/h6-9,11H,2-5,10,18H2,1H3. The van der Waals surface area contributed by atoms with Gasteiger partial charge in [0, 0.05) is 23.5 Å². The third-order valence-corrected chi connectivity index (χ3v) is 4.71. The monoisotopic (exact) mass is 333 g/mol. The van der Waals surface area contributed by atoms with E-state index in [1.54, 1.807) is 6.20 Å². The van der Waals surface area contributed by atoms with Crippen LogP contribution >= 0.6 is 15.9 Å². The molecule has 1 saturated carbocycles. The Balaban J connectivity index is 1.99. The number of rotatable bonds is 3. The first-order valence-electron chi connectivity index (χ1n) is 7.20. The fraction of sp³-hybridized carbons (Fsp3) is 0.438. The summed E-state index contributed by atoms with van der Waals surface area (Å²) >= 11 is 3.54. The highest BCUT2D eigenvalue weighted by molar-refractivity contribution is 9.10. The van der Waals surface area contributed by atoms with Gasteiger partial charge >= 0.3 is 0 Å². The summed E-state index contributed by atoms with van der Waals surface area (Å²) < 4.78 is 1.06. The maximum atomic E-state index is 6.19. The first-order valence-corrected chi connectivity index (χ1v) is 7.99. The maximum Gasteiger partial charge on any atom is 0.0745 e. The first-order chi connectivity index (χ1) is 9.65. The highest BCUT2D eigenvalue weighted by Gasteiger charge is 2.19. The van der Waals surface area contributed by atoms with Crippen molar-refractivity contribution < 1.29 is 0 Å². The number of aromatic nitrogens is 1. The van der Waals surface area contributed by atoms with Crippen molar-refractivity contribution in [1.29, 1.82) is 0 Å². The van der Waals surface area contributed by atoms with Gasteiger partial charge in [-0.1, -0.05) is 28.8 Å². The quantitative estimate of drug-likeness (QED) is 0.914. The largest absolute Gasteiger partial charge is 0.396 e. The number of benzene rings is 1. The average Bonchev–Trinajstić information content (AvgIpc) is 2.91. The molecule has 3 rings (SSSR count). The highest BCUT2D eigenvalue weighted by atomic mass is 79.9. The van der Waals surface area contributed by atoms with Crippen LogP contribution in [0.2, 0.25) is 0 Å². The zero-order chi connectivity index (χ0) is 14.1. The predicted molar refractivity (Wildman–Crippen MR) is 89.1 cm³/mol. The summed E-state index contributed by atoms with van der Waals surface area (Å²) in [7, 11) is 2.14. The van der Waals surface area contributed by atoms with Gasteiger partial charge < -0.3 is 10.6 Å². The second-order valence-electron chi connectivity index (χ2n) is 5.75. The lowest BCUT2D eigenvalue weighted by Crippen LogP contribution is -2.25. The molecule has 0 aliphatic heterocycles. The van der Waals surface area contributed by atoms with Gasteiger partial charge in [-0.3, -0.25) is 4.98 Å². The summed E-state index contributed by atoms with van der Waals surface area (Å²) in [5.41, 5.74) is 9.06. The number of nitrogens with two attached hydrogens (primary N) is 1. The predicted octanol–water partition coefficient (Wildman–Crippen LogP) is 4.21. The van der Waals surface area contributed by atoms with Crippen LogP contribution in [-0.2, 0) is 0 Å². The van der Waals surface area contributed by atoms with Crippen LogP contribution in [0.1, 0.15) is 25.7 Å². The van der Waals surface area contributed by atoms with Crippen LogP contribution in [0.15, 0.2) is 28.9 Å². The van der Waals surface area contributed by atoms with Gasteiger partial charge in [0.25, 0.3) is 0 Å². The molecule has 1 aliphatic carbocycles. The van der Waals surface area contributed by atoms with Crippen molar-refractivity contribution in [3.63, 3.8) is 0 Å². The van der Waals surface area contributed by atoms with Gasteiger partial charge in [0.2, 0.25) is 0 Å². The summed E-state index contributed by atoms with van der Waals surface area (Å²) in [5.74, 6) is 0.801. The molecular formula is C16H20BrN3. The Morgan fingerprint density at radius 2 is 2.10 bits per heavy atom. The smallest absolute Gasteiger partial charge is 0.0745 e. The number of halogens is 1. The zero-order valence-corrected chi connectivity index (χ0v) is 13.4. The van der Waals surface area contributed by atoms with E-state index in [1.165, 1.54) is 25.7 Å². The topological polar surface area (TPSA) is 42.1 Å². The van der Waals surface area contributed by atoms with Gasteiger partial charge in [0.05, 0.1) is 23.1 Å². The molecule has 1 fully saturated rings. The van der Waals surface area contributed by atoms with Gasteiger partial charge in [-0.05, 0) is 37.0 Å². The molecule has 0 radical (unpaired) electrons. The molecule has 1 aromatic carbocycles. The van der Waals surface area contributed by atoms with Gasteiger partial charge in [0.1, 0.15) is 0 Å². The molecule has 0 atom stereocenters. The third-order valence-electron chi connectivity index (χ3n) is 4.22. The molecule has 0 unspecified atom stereocenters. The van der Waals surface area contributed by atoms with Crippen molar-refractivity contribution in [1.82, 2.24) is 4.98 Å². The Morgan fingerprint density at radius 1 is 1.35 bits per heavy atom. The molecular weight excluding hydrogens is 314 g/mol. The van der Waals surface area contributed by atoms with E-state index in [2.05, 4.69) is 38.9 Å². The van der Waals surface area contributed by atoms with Crippen LogP contribution in [0.4, 0.5) is 11.4 Å². The number of anilines is 2. The minimum absolute atomic E-state index is 0.760. The Kier molecular flexibility index (Phi) is 3.83. The van der Waals surface area contributed by atoms with Gasteiger partial charge in [-0.25, -0.2) is 0 Å². The van der Waals surface area contributed by atoms with E-state index in [-0.39, 0.29) is 0 Å². The van der Waals surface area contributed by atoms with Crippen LogP contribution in [0.3, 0.4) is 0 Å². The van der Waals surface area contributed by atoms with E-state index in [0.717, 1.165) is 39.2 Å². The van der Waals surface area contributed by atoms with Crippen LogP contribution in [0.25, 0.3) is 10.9 Å². The number of fused-ring (bicyclic) bond motifs is 1. The van der Waals surface area contributed by atoms with Crippen molar-refractivity contribution in [2.24, 2.45) is 5.92 Å². The molecule has 0 bridgehead atoms. The van der Waals surface area contributed by atoms with Crippen molar-refractivity contribution in [2.45, 2.75) is 25.7 Å². The SMILES string of the molecule is CN(CC1CCCC1)c1c(N)cnc2ccc(Br)cc12. The van der Waals surface area contributed by atoms with E-state index < -0.39 is 0 Å². The van der Waals surface area contributed by atoms with Gasteiger partial charge in [0.15, 0.2) is 0 Å². The average molecular weight is 334 g/mol. The molecule has 3 nitrogen and oxygen atoms in total. The second-order valence-corrected chi connectivity index (χ2v) is 6.67. The van der Waals surface area contributed by atoms with E-state index in [9.17, 15) is 0 Å². The molecule has 1 aromatic heterocycles. The van der Waals surface area contributed by atoms with E-state index >= 15 is 0 Å². The lowest BCUT2D eigenvalue weighted by molar-refractivity contribution is 0.548. The summed E-state index contributed by atoms with van der Waals surface area (Å²) in [6, 6.07) is 6.16. The summed E-state index contributed by atoms with van der Waals surface area (Å²) in [6.45, 7) is 1.08. The summed E-state index contributed by atoms with van der Waals surface area (Å²) in [4.78, 5) is 6.73. The Morgan fingerprint density at radius 3 is 2.85 bits per heavy atom. The maximum absolute atomic E-state index is 6.19. The highest BCUT2D eigenvalue weighted by Crippen LogP contribution is 2.34. The molecule has 20 heavy (non-hydrogen) atoms. The summed E-state index contributed by atoms with van der Waals surface area (Å²) in [5, 5.41) is 1.12. The number of hydrogen-bond acceptors (Lipinski definition) is 3. The minimum atomic E-state index is 0.760. The third kappa shape index (κ3) is 2.62. The van der Waals surface area contributed by atoms with Gasteiger partial charge in [-0.2, -0.15) is 0 Å². The Labute approximate surface area is 128 Å². The molecule has 0 spiro atoms. The summed E-state index contributed by atoms with van der Waals surface area (Å²) in [6.07, 6.45) is 7.21. The van der Waals surface area contributed by atoms with E-state index in [0.29, 0.717) is 0 Å². The Hall–Kier alpha value is -1.29. The van der Waals surface area contributed by atoms with Crippen LogP contribution in [-0.4, -0.2) is 18.6 Å².